The summed E-state index contributed by atoms with van der Waals surface area (Å²) >= 11 is 3.59. The molecule has 104 valence electrons. The van der Waals surface area contributed by atoms with Crippen LogP contribution in [0.25, 0.3) is 0 Å². The van der Waals surface area contributed by atoms with E-state index in [1.807, 2.05) is 0 Å². The van der Waals surface area contributed by atoms with Crippen LogP contribution in [0.15, 0.2) is 22.7 Å². The van der Waals surface area contributed by atoms with Crippen molar-refractivity contribution in [3.63, 3.8) is 0 Å². The molecule has 1 aromatic carbocycles. The molecule has 2 fully saturated rings. The predicted molar refractivity (Wildman–Crippen MR) is 85.9 cm³/mol. The van der Waals surface area contributed by atoms with Gasteiger partial charge in [0.05, 0.1) is 0 Å². The molecule has 1 saturated heterocycles. The molecule has 3 rings (SSSR count). The van der Waals surface area contributed by atoms with Crippen LogP contribution in [0.4, 0.5) is 5.69 Å². The van der Waals surface area contributed by atoms with Gasteiger partial charge in [0.1, 0.15) is 0 Å². The Bertz CT molecular complexity index is 439. The SMILES string of the molecule is CCc1cc(Br)ccc1N1CC2(CCCCCC2)C1. The first kappa shape index (κ1) is 13.5. The standard InChI is InChI=1S/C17H24BrN/c1-2-14-11-15(18)7-8-16(14)19-12-17(13-19)9-5-3-4-6-10-17/h7-8,11H,2-6,9-10,12-13H2,1H3. The highest BCUT2D eigenvalue weighted by Gasteiger charge is 2.42. The molecule has 0 amide bonds. The number of nitrogens with zero attached hydrogens (tertiary/aromatic N) is 1. The van der Waals surface area contributed by atoms with Crippen LogP contribution in [0.3, 0.4) is 0 Å². The van der Waals surface area contributed by atoms with Crippen molar-refractivity contribution in [3.05, 3.63) is 28.2 Å². The number of benzene rings is 1. The first-order valence-corrected chi connectivity index (χ1v) is 8.55. The second kappa shape index (κ2) is 5.47. The van der Waals surface area contributed by atoms with Crippen molar-refractivity contribution in [2.75, 3.05) is 18.0 Å². The monoisotopic (exact) mass is 321 g/mol. The van der Waals surface area contributed by atoms with Gasteiger partial charge in [-0.3, -0.25) is 0 Å². The lowest BCUT2D eigenvalue weighted by molar-refractivity contribution is 0.180. The van der Waals surface area contributed by atoms with Crippen molar-refractivity contribution in [1.29, 1.82) is 0 Å². The molecule has 0 radical (unpaired) electrons. The van der Waals surface area contributed by atoms with E-state index in [9.17, 15) is 0 Å². The van der Waals surface area contributed by atoms with Crippen LogP contribution in [0.1, 0.15) is 51.0 Å². The van der Waals surface area contributed by atoms with Gasteiger partial charge in [-0.05, 0) is 43.0 Å². The first-order chi connectivity index (χ1) is 9.22. The van der Waals surface area contributed by atoms with E-state index in [1.165, 1.54) is 67.3 Å². The van der Waals surface area contributed by atoms with Gasteiger partial charge in [0.2, 0.25) is 0 Å². The maximum absolute atomic E-state index is 3.59. The molecule has 2 aliphatic rings. The largest absolute Gasteiger partial charge is 0.370 e. The number of rotatable bonds is 2. The first-order valence-electron chi connectivity index (χ1n) is 7.76. The summed E-state index contributed by atoms with van der Waals surface area (Å²) in [5, 5.41) is 0. The van der Waals surface area contributed by atoms with Crippen LogP contribution in [0.5, 0.6) is 0 Å². The molecule has 1 heterocycles. The van der Waals surface area contributed by atoms with E-state index in [1.54, 1.807) is 0 Å². The summed E-state index contributed by atoms with van der Waals surface area (Å²) in [4.78, 5) is 2.61. The van der Waals surface area contributed by atoms with Gasteiger partial charge in [-0.25, -0.2) is 0 Å². The third-order valence-corrected chi connectivity index (χ3v) is 5.47. The van der Waals surface area contributed by atoms with E-state index in [-0.39, 0.29) is 0 Å². The lowest BCUT2D eigenvalue weighted by atomic mass is 9.73. The summed E-state index contributed by atoms with van der Waals surface area (Å²) < 4.78 is 1.21. The lowest BCUT2D eigenvalue weighted by Crippen LogP contribution is -2.56. The molecule has 1 spiro atoms. The minimum absolute atomic E-state index is 0.661. The Morgan fingerprint density at radius 1 is 1.11 bits per heavy atom. The van der Waals surface area contributed by atoms with Crippen molar-refractivity contribution in [2.24, 2.45) is 5.41 Å². The molecule has 19 heavy (non-hydrogen) atoms. The number of halogens is 1. The van der Waals surface area contributed by atoms with Crippen molar-refractivity contribution >= 4 is 21.6 Å². The smallest absolute Gasteiger partial charge is 0.0399 e. The molecular formula is C17H24BrN. The van der Waals surface area contributed by atoms with Crippen LogP contribution >= 0.6 is 15.9 Å². The molecule has 0 atom stereocenters. The van der Waals surface area contributed by atoms with Crippen LogP contribution in [-0.4, -0.2) is 13.1 Å². The Labute approximate surface area is 125 Å². The fourth-order valence-corrected chi connectivity index (χ4v) is 4.28. The van der Waals surface area contributed by atoms with E-state index >= 15 is 0 Å². The molecule has 2 heteroatoms. The second-order valence-electron chi connectivity index (χ2n) is 6.40. The number of hydrogen-bond acceptors (Lipinski definition) is 1. The average Bonchev–Trinajstić information content (AvgIpc) is 2.63. The third-order valence-electron chi connectivity index (χ3n) is 4.98. The summed E-state index contributed by atoms with van der Waals surface area (Å²) in [5.41, 5.74) is 3.62. The van der Waals surface area contributed by atoms with Gasteiger partial charge in [-0.2, -0.15) is 0 Å². The van der Waals surface area contributed by atoms with Crippen molar-refractivity contribution in [1.82, 2.24) is 0 Å². The van der Waals surface area contributed by atoms with Gasteiger partial charge in [-0.1, -0.05) is 48.5 Å². The topological polar surface area (TPSA) is 3.24 Å². The molecule has 1 nitrogen and oxygen atoms in total. The zero-order valence-electron chi connectivity index (χ0n) is 11.9. The highest BCUT2D eigenvalue weighted by atomic mass is 79.9. The normalized spacial score (nSPS) is 22.1. The molecule has 1 aliphatic carbocycles. The maximum Gasteiger partial charge on any atom is 0.0399 e. The molecule has 1 saturated carbocycles. The van der Waals surface area contributed by atoms with Gasteiger partial charge < -0.3 is 4.90 Å². The molecule has 1 aromatic rings. The summed E-state index contributed by atoms with van der Waals surface area (Å²) in [6.07, 6.45) is 9.87. The number of aryl methyl sites for hydroxylation is 1. The van der Waals surface area contributed by atoms with E-state index < -0.39 is 0 Å². The quantitative estimate of drug-likeness (QED) is 0.726. The van der Waals surface area contributed by atoms with E-state index in [4.69, 9.17) is 0 Å². The minimum Gasteiger partial charge on any atom is -0.370 e. The Balaban J connectivity index is 1.73. The molecule has 0 N–H and O–H groups in total. The number of hydrogen-bond donors (Lipinski definition) is 0. The summed E-state index contributed by atoms with van der Waals surface area (Å²) in [6, 6.07) is 6.77. The Hall–Kier alpha value is -0.500. The fraction of sp³-hybridized carbons (Fsp3) is 0.647. The minimum atomic E-state index is 0.661. The van der Waals surface area contributed by atoms with E-state index in [0.717, 1.165) is 6.42 Å². The fourth-order valence-electron chi connectivity index (χ4n) is 3.87. The predicted octanol–water partition coefficient (Wildman–Crippen LogP) is 5.17. The van der Waals surface area contributed by atoms with Gasteiger partial charge in [0, 0.05) is 28.7 Å². The molecule has 0 unspecified atom stereocenters. The maximum atomic E-state index is 3.59. The lowest BCUT2D eigenvalue weighted by Gasteiger charge is -2.52. The Morgan fingerprint density at radius 2 is 1.79 bits per heavy atom. The molecular weight excluding hydrogens is 298 g/mol. The molecule has 0 bridgehead atoms. The Kier molecular flexibility index (Phi) is 3.88. The van der Waals surface area contributed by atoms with Crippen LogP contribution in [0, 0.1) is 5.41 Å². The van der Waals surface area contributed by atoms with Crippen molar-refractivity contribution in [3.8, 4) is 0 Å². The zero-order valence-corrected chi connectivity index (χ0v) is 13.5. The van der Waals surface area contributed by atoms with E-state index in [0.29, 0.717) is 5.41 Å². The van der Waals surface area contributed by atoms with Gasteiger partial charge in [0.15, 0.2) is 0 Å². The second-order valence-corrected chi connectivity index (χ2v) is 7.31. The highest BCUT2D eigenvalue weighted by Crippen LogP contribution is 2.45. The molecule has 0 aromatic heterocycles. The van der Waals surface area contributed by atoms with Crippen LogP contribution in [-0.2, 0) is 6.42 Å². The Morgan fingerprint density at radius 3 is 2.42 bits per heavy atom. The number of anilines is 1. The summed E-state index contributed by atoms with van der Waals surface area (Å²) in [6.45, 7) is 4.84. The van der Waals surface area contributed by atoms with Gasteiger partial charge >= 0.3 is 0 Å². The highest BCUT2D eigenvalue weighted by molar-refractivity contribution is 9.10. The summed E-state index contributed by atoms with van der Waals surface area (Å²) in [7, 11) is 0. The molecule has 1 aliphatic heterocycles. The zero-order chi connectivity index (χ0) is 13.3. The van der Waals surface area contributed by atoms with Crippen molar-refractivity contribution < 1.29 is 0 Å². The van der Waals surface area contributed by atoms with Crippen molar-refractivity contribution in [2.45, 2.75) is 51.9 Å². The van der Waals surface area contributed by atoms with Gasteiger partial charge in [0.25, 0.3) is 0 Å². The van der Waals surface area contributed by atoms with E-state index in [2.05, 4.69) is 46.0 Å². The van der Waals surface area contributed by atoms with Crippen LogP contribution in [0.2, 0.25) is 0 Å². The summed E-state index contributed by atoms with van der Waals surface area (Å²) in [5.74, 6) is 0. The average molecular weight is 322 g/mol. The van der Waals surface area contributed by atoms with Crippen LogP contribution < -0.4 is 4.90 Å². The third kappa shape index (κ3) is 2.69. The van der Waals surface area contributed by atoms with Gasteiger partial charge in [-0.15, -0.1) is 0 Å².